The fraction of sp³-hybridized carbons (Fsp3) is 0.357. The van der Waals surface area contributed by atoms with E-state index >= 15 is 0 Å². The second-order valence-electron chi connectivity index (χ2n) is 4.24. The van der Waals surface area contributed by atoms with Gasteiger partial charge in [0.1, 0.15) is 5.75 Å². The van der Waals surface area contributed by atoms with Crippen LogP contribution in [-0.2, 0) is 11.8 Å². The van der Waals surface area contributed by atoms with E-state index in [1.54, 1.807) is 14.0 Å². The molecule has 0 saturated heterocycles. The van der Waals surface area contributed by atoms with Crippen molar-refractivity contribution in [3.63, 3.8) is 0 Å². The molecule has 2 rings (SSSR count). The van der Waals surface area contributed by atoms with Gasteiger partial charge in [-0.05, 0) is 35.8 Å². The molecule has 0 spiro atoms. The summed E-state index contributed by atoms with van der Waals surface area (Å²) in [6.07, 6.45) is 0. The Morgan fingerprint density at radius 3 is 2.68 bits per heavy atom. The molecule has 0 unspecified atom stereocenters. The average Bonchev–Trinajstić information content (AvgIpc) is 2.61. The van der Waals surface area contributed by atoms with Gasteiger partial charge in [-0.15, -0.1) is 0 Å². The summed E-state index contributed by atoms with van der Waals surface area (Å²) < 4.78 is 13.2. The Hall–Kier alpha value is -1.49. The predicted octanol–water partition coefficient (Wildman–Crippen LogP) is 3.43. The van der Waals surface area contributed by atoms with Crippen LogP contribution in [0.1, 0.15) is 23.0 Å². The first-order chi connectivity index (χ1) is 9.01. The largest absolute Gasteiger partial charge is 0.495 e. The summed E-state index contributed by atoms with van der Waals surface area (Å²) in [6, 6.07) is 3.81. The number of hydrogen-bond acceptors (Lipinski definition) is 3. The van der Waals surface area contributed by atoms with Gasteiger partial charge in [-0.3, -0.25) is 0 Å². The summed E-state index contributed by atoms with van der Waals surface area (Å²) in [7, 11) is 3.54. The maximum Gasteiger partial charge on any atom is 0.340 e. The summed E-state index contributed by atoms with van der Waals surface area (Å²) in [5.74, 6) is 0.450. The minimum atomic E-state index is -0.289. The molecule has 0 atom stereocenters. The molecule has 1 aromatic carbocycles. The predicted molar refractivity (Wildman–Crippen MR) is 77.9 cm³/mol. The highest BCUT2D eigenvalue weighted by Gasteiger charge is 2.21. The molecule has 0 N–H and O–H groups in total. The van der Waals surface area contributed by atoms with Crippen molar-refractivity contribution in [3.05, 3.63) is 27.9 Å². The molecule has 0 aliphatic rings. The van der Waals surface area contributed by atoms with Crippen LogP contribution in [0.3, 0.4) is 0 Å². The Balaban J connectivity index is 2.75. The van der Waals surface area contributed by atoms with Gasteiger partial charge < -0.3 is 14.0 Å². The lowest BCUT2D eigenvalue weighted by Gasteiger charge is -2.05. The van der Waals surface area contributed by atoms with E-state index in [0.717, 1.165) is 26.8 Å². The fourth-order valence-corrected chi connectivity index (χ4v) is 2.69. The van der Waals surface area contributed by atoms with E-state index < -0.39 is 0 Å². The summed E-state index contributed by atoms with van der Waals surface area (Å²) in [5.41, 5.74) is 2.44. The van der Waals surface area contributed by atoms with Crippen LogP contribution in [0, 0.1) is 6.92 Å². The van der Waals surface area contributed by atoms with E-state index in [0.29, 0.717) is 12.2 Å². The molecule has 2 aromatic rings. The van der Waals surface area contributed by atoms with Crippen molar-refractivity contribution < 1.29 is 14.3 Å². The second-order valence-corrected chi connectivity index (χ2v) is 5.10. The van der Waals surface area contributed by atoms with E-state index in [9.17, 15) is 4.79 Å². The number of ether oxygens (including phenoxy) is 2. The van der Waals surface area contributed by atoms with Crippen LogP contribution in [0.15, 0.2) is 16.6 Å². The first kappa shape index (κ1) is 13.9. The van der Waals surface area contributed by atoms with Crippen LogP contribution in [0.4, 0.5) is 0 Å². The van der Waals surface area contributed by atoms with Gasteiger partial charge in [-0.1, -0.05) is 0 Å². The number of aryl methyl sites for hydroxylation is 1. The first-order valence-electron chi connectivity index (χ1n) is 6.00. The quantitative estimate of drug-likeness (QED) is 0.812. The number of fused-ring (bicyclic) bond motifs is 1. The van der Waals surface area contributed by atoms with Gasteiger partial charge >= 0.3 is 5.97 Å². The first-order valence-corrected chi connectivity index (χ1v) is 6.80. The maximum atomic E-state index is 12.1. The summed E-state index contributed by atoms with van der Waals surface area (Å²) >= 11 is 3.45. The van der Waals surface area contributed by atoms with Crippen LogP contribution in [-0.4, -0.2) is 24.3 Å². The molecule has 0 radical (unpaired) electrons. The van der Waals surface area contributed by atoms with E-state index in [1.165, 1.54) is 0 Å². The van der Waals surface area contributed by atoms with Crippen LogP contribution >= 0.6 is 15.9 Å². The fourth-order valence-electron chi connectivity index (χ4n) is 2.18. The molecule has 0 aliphatic carbocycles. The lowest BCUT2D eigenvalue weighted by atomic mass is 10.1. The number of carbonyl (C=O) groups excluding carboxylic acids is 1. The highest BCUT2D eigenvalue weighted by Crippen LogP contribution is 2.34. The third-order valence-corrected chi connectivity index (χ3v) is 3.87. The van der Waals surface area contributed by atoms with E-state index in [2.05, 4.69) is 15.9 Å². The third kappa shape index (κ3) is 2.23. The number of nitrogens with zero attached hydrogens (tertiary/aromatic N) is 1. The Morgan fingerprint density at radius 1 is 1.42 bits per heavy atom. The summed E-state index contributed by atoms with van der Waals surface area (Å²) in [4.78, 5) is 12.1. The molecule has 0 amide bonds. The number of esters is 1. The normalized spacial score (nSPS) is 10.8. The molecule has 4 nitrogen and oxygen atoms in total. The molecule has 1 aromatic heterocycles. The highest BCUT2D eigenvalue weighted by atomic mass is 79.9. The number of methoxy groups -OCH3 is 1. The number of halogens is 1. The lowest BCUT2D eigenvalue weighted by molar-refractivity contribution is 0.0527. The highest BCUT2D eigenvalue weighted by molar-refractivity contribution is 9.10. The van der Waals surface area contributed by atoms with Gasteiger partial charge in [0.25, 0.3) is 0 Å². The average molecular weight is 326 g/mol. The number of rotatable bonds is 3. The molecule has 0 bridgehead atoms. The molecule has 19 heavy (non-hydrogen) atoms. The van der Waals surface area contributed by atoms with Crippen molar-refractivity contribution in [2.75, 3.05) is 13.7 Å². The standard InChI is InChI=1S/C14H16BrNO3/c1-5-19-14(17)13-8(2)16(3)11-7-12(18-4)10(15)6-9(11)13/h6-7H,5H2,1-4H3. The SMILES string of the molecule is CCOC(=O)c1c(C)n(C)c2cc(OC)c(Br)cc12. The lowest BCUT2D eigenvalue weighted by Crippen LogP contribution is -2.06. The van der Waals surface area contributed by atoms with E-state index in [-0.39, 0.29) is 5.97 Å². The minimum Gasteiger partial charge on any atom is -0.495 e. The van der Waals surface area contributed by atoms with Crippen LogP contribution in [0.5, 0.6) is 5.75 Å². The molecule has 0 aliphatic heterocycles. The molecule has 0 fully saturated rings. The van der Waals surface area contributed by atoms with Gasteiger partial charge in [0.2, 0.25) is 0 Å². The van der Waals surface area contributed by atoms with Crippen molar-refractivity contribution in [1.29, 1.82) is 0 Å². The van der Waals surface area contributed by atoms with Gasteiger partial charge in [0.05, 0.1) is 29.3 Å². The van der Waals surface area contributed by atoms with E-state index in [4.69, 9.17) is 9.47 Å². The third-order valence-electron chi connectivity index (χ3n) is 3.25. The number of hydrogen-bond donors (Lipinski definition) is 0. The smallest absolute Gasteiger partial charge is 0.340 e. The van der Waals surface area contributed by atoms with Gasteiger partial charge in [-0.2, -0.15) is 0 Å². The second kappa shape index (κ2) is 5.25. The van der Waals surface area contributed by atoms with Gasteiger partial charge in [-0.25, -0.2) is 4.79 Å². The Bertz CT molecular complexity index is 646. The number of carbonyl (C=O) groups is 1. The Labute approximate surface area is 120 Å². The van der Waals surface area contributed by atoms with Crippen molar-refractivity contribution >= 4 is 32.8 Å². The van der Waals surface area contributed by atoms with Crippen molar-refractivity contribution in [1.82, 2.24) is 4.57 Å². The number of aromatic nitrogens is 1. The Kier molecular flexibility index (Phi) is 3.85. The zero-order valence-electron chi connectivity index (χ0n) is 11.4. The molecule has 1 heterocycles. The van der Waals surface area contributed by atoms with Crippen LogP contribution in [0.2, 0.25) is 0 Å². The molecular formula is C14H16BrNO3. The molecular weight excluding hydrogens is 310 g/mol. The molecule has 0 saturated carbocycles. The minimum absolute atomic E-state index is 0.289. The number of benzene rings is 1. The zero-order valence-corrected chi connectivity index (χ0v) is 13.0. The van der Waals surface area contributed by atoms with Gasteiger partial charge in [0.15, 0.2) is 0 Å². The van der Waals surface area contributed by atoms with Crippen molar-refractivity contribution in [3.8, 4) is 5.75 Å². The topological polar surface area (TPSA) is 40.5 Å². The van der Waals surface area contributed by atoms with Crippen molar-refractivity contribution in [2.24, 2.45) is 7.05 Å². The molecule has 5 heteroatoms. The van der Waals surface area contributed by atoms with Gasteiger partial charge in [0, 0.05) is 24.2 Å². The van der Waals surface area contributed by atoms with Crippen LogP contribution in [0.25, 0.3) is 10.9 Å². The molecule has 102 valence electrons. The maximum absolute atomic E-state index is 12.1. The van der Waals surface area contributed by atoms with Crippen molar-refractivity contribution in [2.45, 2.75) is 13.8 Å². The summed E-state index contributed by atoms with van der Waals surface area (Å²) in [6.45, 7) is 4.08. The monoisotopic (exact) mass is 325 g/mol. The van der Waals surface area contributed by atoms with E-state index in [1.807, 2.05) is 30.7 Å². The zero-order chi connectivity index (χ0) is 14.2. The Morgan fingerprint density at radius 2 is 2.11 bits per heavy atom. The summed E-state index contributed by atoms with van der Waals surface area (Å²) in [5, 5.41) is 0.867. The van der Waals surface area contributed by atoms with Crippen LogP contribution < -0.4 is 4.74 Å².